The SMILES string of the molecule is CCCCCCCCC=CCCCCCCCCOC(=O)CCNCCCCNCCC(=O)OCCCCCCCCC=CCCCCCCCC. The molecule has 6 heteroatoms. The van der Waals surface area contributed by atoms with Crippen LogP contribution in [0, 0.1) is 0 Å². The third-order valence-electron chi connectivity index (χ3n) is 9.81. The van der Waals surface area contributed by atoms with E-state index in [0.717, 1.165) is 51.6 Å². The van der Waals surface area contributed by atoms with E-state index in [1.807, 2.05) is 0 Å². The van der Waals surface area contributed by atoms with Gasteiger partial charge in [0.25, 0.3) is 0 Å². The van der Waals surface area contributed by atoms with Crippen molar-refractivity contribution < 1.29 is 19.1 Å². The maximum atomic E-state index is 12.0. The maximum Gasteiger partial charge on any atom is 0.307 e. The summed E-state index contributed by atoms with van der Waals surface area (Å²) in [6.07, 6.45) is 48.4. The highest BCUT2D eigenvalue weighted by Crippen LogP contribution is 2.12. The van der Waals surface area contributed by atoms with E-state index in [0.29, 0.717) is 39.1 Å². The van der Waals surface area contributed by atoms with Crippen molar-refractivity contribution in [3.63, 3.8) is 0 Å². The Morgan fingerprint density at radius 3 is 0.981 bits per heavy atom. The molecule has 0 saturated heterocycles. The summed E-state index contributed by atoms with van der Waals surface area (Å²) in [6, 6.07) is 0. The lowest BCUT2D eigenvalue weighted by atomic mass is 10.1. The first kappa shape index (κ1) is 50.3. The van der Waals surface area contributed by atoms with Crippen molar-refractivity contribution in [3.05, 3.63) is 24.3 Å². The number of unbranched alkanes of at least 4 members (excludes halogenated alkanes) is 25. The summed E-state index contributed by atoms with van der Waals surface area (Å²) < 4.78 is 10.8. The van der Waals surface area contributed by atoms with Crippen LogP contribution in [0.4, 0.5) is 0 Å². The number of rotatable bonds is 43. The summed E-state index contributed by atoms with van der Waals surface area (Å²) in [6.45, 7) is 8.77. The number of carbonyl (C=O) groups is 2. The lowest BCUT2D eigenvalue weighted by Gasteiger charge is -2.08. The molecule has 0 rings (SSSR count). The monoisotopic (exact) mass is 733 g/mol. The van der Waals surface area contributed by atoms with Crippen LogP contribution < -0.4 is 10.6 Å². The van der Waals surface area contributed by atoms with E-state index in [1.165, 1.54) is 154 Å². The molecule has 0 atom stereocenters. The largest absolute Gasteiger partial charge is 0.466 e. The molecule has 0 aliphatic heterocycles. The maximum absolute atomic E-state index is 12.0. The van der Waals surface area contributed by atoms with E-state index in [9.17, 15) is 9.59 Å². The molecule has 0 aliphatic carbocycles. The van der Waals surface area contributed by atoms with Crippen molar-refractivity contribution in [1.29, 1.82) is 0 Å². The van der Waals surface area contributed by atoms with Crippen molar-refractivity contribution >= 4 is 11.9 Å². The van der Waals surface area contributed by atoms with E-state index in [4.69, 9.17) is 9.47 Å². The Hall–Kier alpha value is -1.66. The average molecular weight is 733 g/mol. The van der Waals surface area contributed by atoms with E-state index >= 15 is 0 Å². The fourth-order valence-corrected chi connectivity index (χ4v) is 6.35. The molecule has 0 bridgehead atoms. The molecular formula is C46H88N2O4. The Morgan fingerprint density at radius 1 is 0.365 bits per heavy atom. The second kappa shape index (κ2) is 45.5. The van der Waals surface area contributed by atoms with Gasteiger partial charge in [0.15, 0.2) is 0 Å². The van der Waals surface area contributed by atoms with Gasteiger partial charge in [-0.25, -0.2) is 0 Å². The van der Waals surface area contributed by atoms with Crippen LogP contribution in [-0.4, -0.2) is 51.3 Å². The Bertz CT molecular complexity index is 720. The highest BCUT2D eigenvalue weighted by atomic mass is 16.5. The number of allylic oxidation sites excluding steroid dienone is 4. The molecular weight excluding hydrogens is 645 g/mol. The zero-order valence-electron chi connectivity index (χ0n) is 34.8. The van der Waals surface area contributed by atoms with E-state index < -0.39 is 0 Å². The summed E-state index contributed by atoms with van der Waals surface area (Å²) in [4.78, 5) is 23.9. The predicted molar refractivity (Wildman–Crippen MR) is 225 cm³/mol. The molecule has 0 spiro atoms. The number of hydrogen-bond acceptors (Lipinski definition) is 6. The summed E-state index contributed by atoms with van der Waals surface area (Å²) >= 11 is 0. The van der Waals surface area contributed by atoms with Gasteiger partial charge in [-0.1, -0.05) is 154 Å². The fraction of sp³-hybridized carbons (Fsp3) is 0.870. The molecule has 0 aromatic rings. The molecule has 306 valence electrons. The Morgan fingerprint density at radius 2 is 0.654 bits per heavy atom. The zero-order chi connectivity index (χ0) is 37.7. The van der Waals surface area contributed by atoms with Crippen molar-refractivity contribution in [1.82, 2.24) is 10.6 Å². The predicted octanol–water partition coefficient (Wildman–Crippen LogP) is 12.9. The quantitative estimate of drug-likeness (QED) is 0.0369. The van der Waals surface area contributed by atoms with Crippen LogP contribution in [0.2, 0.25) is 0 Å². The summed E-state index contributed by atoms with van der Waals surface area (Å²) in [7, 11) is 0. The first-order chi connectivity index (χ1) is 25.7. The first-order valence-corrected chi connectivity index (χ1v) is 22.7. The summed E-state index contributed by atoms with van der Waals surface area (Å²) in [5.41, 5.74) is 0. The highest BCUT2D eigenvalue weighted by Gasteiger charge is 2.04. The number of esters is 2. The van der Waals surface area contributed by atoms with Gasteiger partial charge in [-0.15, -0.1) is 0 Å². The van der Waals surface area contributed by atoms with Crippen molar-refractivity contribution in [2.24, 2.45) is 0 Å². The molecule has 2 N–H and O–H groups in total. The molecule has 0 aromatic carbocycles. The van der Waals surface area contributed by atoms with Gasteiger partial charge in [0, 0.05) is 13.1 Å². The van der Waals surface area contributed by atoms with Crippen LogP contribution in [0.5, 0.6) is 0 Å². The van der Waals surface area contributed by atoms with Crippen LogP contribution in [0.3, 0.4) is 0 Å². The summed E-state index contributed by atoms with van der Waals surface area (Å²) in [5, 5.41) is 6.68. The third-order valence-corrected chi connectivity index (χ3v) is 9.81. The van der Waals surface area contributed by atoms with Gasteiger partial charge in [0.2, 0.25) is 0 Å². The fourth-order valence-electron chi connectivity index (χ4n) is 6.35. The minimum atomic E-state index is -0.0959. The average Bonchev–Trinajstić information content (AvgIpc) is 3.14. The van der Waals surface area contributed by atoms with Crippen molar-refractivity contribution in [2.75, 3.05) is 39.4 Å². The van der Waals surface area contributed by atoms with Gasteiger partial charge < -0.3 is 20.1 Å². The van der Waals surface area contributed by atoms with Crippen molar-refractivity contribution in [2.45, 2.75) is 219 Å². The number of nitrogens with one attached hydrogen (secondary N) is 2. The lowest BCUT2D eigenvalue weighted by Crippen LogP contribution is -2.23. The minimum Gasteiger partial charge on any atom is -0.466 e. The van der Waals surface area contributed by atoms with E-state index in [2.05, 4.69) is 48.8 Å². The molecule has 0 radical (unpaired) electrons. The molecule has 52 heavy (non-hydrogen) atoms. The number of hydrogen-bond donors (Lipinski definition) is 2. The smallest absolute Gasteiger partial charge is 0.307 e. The van der Waals surface area contributed by atoms with Crippen LogP contribution in [0.1, 0.15) is 219 Å². The van der Waals surface area contributed by atoms with Gasteiger partial charge in [-0.2, -0.15) is 0 Å². The molecule has 0 unspecified atom stereocenters. The molecule has 0 aliphatic rings. The molecule has 0 saturated carbocycles. The van der Waals surface area contributed by atoms with Crippen LogP contribution >= 0.6 is 0 Å². The molecule has 0 amide bonds. The first-order valence-electron chi connectivity index (χ1n) is 22.7. The van der Waals surface area contributed by atoms with Gasteiger partial charge in [0.05, 0.1) is 26.1 Å². The lowest BCUT2D eigenvalue weighted by molar-refractivity contribution is -0.144. The minimum absolute atomic E-state index is 0.0959. The van der Waals surface area contributed by atoms with Crippen LogP contribution in [-0.2, 0) is 19.1 Å². The second-order valence-corrected chi connectivity index (χ2v) is 15.0. The van der Waals surface area contributed by atoms with Crippen LogP contribution in [0.25, 0.3) is 0 Å². The normalized spacial score (nSPS) is 11.7. The Labute approximate surface area is 323 Å². The number of ether oxygens (including phenoxy) is 2. The van der Waals surface area contributed by atoms with Gasteiger partial charge in [0.1, 0.15) is 0 Å². The van der Waals surface area contributed by atoms with E-state index in [1.54, 1.807) is 0 Å². The molecule has 0 fully saturated rings. The van der Waals surface area contributed by atoms with Gasteiger partial charge >= 0.3 is 11.9 Å². The van der Waals surface area contributed by atoms with Crippen LogP contribution in [0.15, 0.2) is 24.3 Å². The van der Waals surface area contributed by atoms with Gasteiger partial charge in [-0.05, 0) is 90.1 Å². The molecule has 0 aromatic heterocycles. The molecule has 0 heterocycles. The zero-order valence-corrected chi connectivity index (χ0v) is 34.8. The van der Waals surface area contributed by atoms with Crippen molar-refractivity contribution in [3.8, 4) is 0 Å². The standard InChI is InChI=1S/C46H88N2O4/c1-3-5-7-9-11-13-15-17-19-21-23-25-27-29-31-35-43-51-45(49)37-41-47-39-33-34-40-48-42-38-46(50)52-44-36-32-30-28-26-24-22-20-18-16-14-12-10-8-6-4-2/h17-20,47-48H,3-16,21-44H2,1-2H3. The molecule has 6 nitrogen and oxygen atoms in total. The third kappa shape index (κ3) is 44.5. The number of carbonyl (C=O) groups excluding carboxylic acids is 2. The topological polar surface area (TPSA) is 76.7 Å². The Kier molecular flexibility index (Phi) is 44.0. The van der Waals surface area contributed by atoms with Gasteiger partial charge in [-0.3, -0.25) is 9.59 Å². The highest BCUT2D eigenvalue weighted by molar-refractivity contribution is 5.69. The van der Waals surface area contributed by atoms with E-state index in [-0.39, 0.29) is 11.9 Å². The summed E-state index contributed by atoms with van der Waals surface area (Å²) in [5.74, 6) is -0.192. The second-order valence-electron chi connectivity index (χ2n) is 15.0. The Balaban J connectivity index is 3.28.